The minimum atomic E-state index is -4.63. The van der Waals surface area contributed by atoms with Crippen molar-refractivity contribution in [1.82, 2.24) is 14.8 Å². The van der Waals surface area contributed by atoms with Crippen LogP contribution >= 0.6 is 0 Å². The van der Waals surface area contributed by atoms with Crippen LogP contribution in [0.3, 0.4) is 0 Å². The lowest BCUT2D eigenvalue weighted by atomic mass is 10.1. The van der Waals surface area contributed by atoms with Gasteiger partial charge in [0.15, 0.2) is 0 Å². The maximum absolute atomic E-state index is 13.5. The Bertz CT molecular complexity index is 985. The molecule has 0 saturated heterocycles. The minimum Gasteiger partial charge on any atom is -0.494 e. The predicted octanol–water partition coefficient (Wildman–Crippen LogP) is 4.25. The van der Waals surface area contributed by atoms with Crippen molar-refractivity contribution >= 4 is 11.6 Å². The van der Waals surface area contributed by atoms with E-state index in [9.17, 15) is 18.0 Å². The maximum atomic E-state index is 13.5. The molecular formula is C19H17F3N4O2. The highest BCUT2D eigenvalue weighted by molar-refractivity contribution is 6.04. The van der Waals surface area contributed by atoms with E-state index in [4.69, 9.17) is 4.74 Å². The maximum Gasteiger partial charge on any atom is 0.418 e. The number of carbonyl (C=O) groups is 1. The Balaban J connectivity index is 1.88. The Hall–Kier alpha value is -3.36. The third-order valence-electron chi connectivity index (χ3n) is 3.96. The van der Waals surface area contributed by atoms with E-state index in [0.29, 0.717) is 17.9 Å². The number of halogens is 3. The molecule has 1 heterocycles. The molecule has 1 amide bonds. The zero-order valence-corrected chi connectivity index (χ0v) is 15.1. The Kier molecular flexibility index (Phi) is 5.34. The lowest BCUT2D eigenvalue weighted by molar-refractivity contribution is -0.137. The molecule has 2 aromatic carbocycles. The van der Waals surface area contributed by atoms with Crippen LogP contribution in [0, 0.1) is 6.92 Å². The van der Waals surface area contributed by atoms with Gasteiger partial charge in [-0.1, -0.05) is 0 Å². The molecule has 3 rings (SSSR count). The van der Waals surface area contributed by atoms with Crippen molar-refractivity contribution in [2.45, 2.75) is 20.0 Å². The zero-order valence-electron chi connectivity index (χ0n) is 15.1. The van der Waals surface area contributed by atoms with Gasteiger partial charge in [0.25, 0.3) is 5.91 Å². The van der Waals surface area contributed by atoms with Crippen molar-refractivity contribution in [1.29, 1.82) is 0 Å². The average molecular weight is 390 g/mol. The molecule has 0 spiro atoms. The van der Waals surface area contributed by atoms with E-state index < -0.39 is 17.6 Å². The standard InChI is InChI=1S/C19H17F3N4O2/c1-3-28-17-7-4-13(8-12(17)2)18(27)25-14-5-6-16(26-11-23-10-24-26)15(9-14)19(20,21)22/h4-11H,3H2,1-2H3,(H,25,27). The summed E-state index contributed by atoms with van der Waals surface area (Å²) in [6.45, 7) is 4.13. The first-order valence-corrected chi connectivity index (χ1v) is 8.40. The molecule has 3 aromatic rings. The quantitative estimate of drug-likeness (QED) is 0.707. The number of carbonyl (C=O) groups excluding carboxylic acids is 1. The summed E-state index contributed by atoms with van der Waals surface area (Å²) in [6, 6.07) is 8.32. The molecule has 0 aliphatic heterocycles. The minimum absolute atomic E-state index is 0.0210. The number of anilines is 1. The van der Waals surface area contributed by atoms with Gasteiger partial charge >= 0.3 is 6.18 Å². The van der Waals surface area contributed by atoms with Crippen molar-refractivity contribution in [3.05, 3.63) is 65.7 Å². The smallest absolute Gasteiger partial charge is 0.418 e. The second-order valence-corrected chi connectivity index (χ2v) is 5.94. The van der Waals surface area contributed by atoms with Crippen LogP contribution in [0.1, 0.15) is 28.4 Å². The molecule has 28 heavy (non-hydrogen) atoms. The Morgan fingerprint density at radius 3 is 2.61 bits per heavy atom. The van der Waals surface area contributed by atoms with Gasteiger partial charge in [0.05, 0.1) is 17.9 Å². The van der Waals surface area contributed by atoms with Gasteiger partial charge in [-0.25, -0.2) is 9.67 Å². The summed E-state index contributed by atoms with van der Waals surface area (Å²) in [7, 11) is 0. The van der Waals surface area contributed by atoms with E-state index in [1.54, 1.807) is 25.1 Å². The fourth-order valence-corrected chi connectivity index (χ4v) is 2.68. The van der Waals surface area contributed by atoms with Gasteiger partial charge in [0.2, 0.25) is 0 Å². The molecule has 6 nitrogen and oxygen atoms in total. The van der Waals surface area contributed by atoms with Crippen LogP contribution in [0.4, 0.5) is 18.9 Å². The van der Waals surface area contributed by atoms with Crippen LogP contribution in [-0.4, -0.2) is 27.3 Å². The third-order valence-corrected chi connectivity index (χ3v) is 3.96. The van der Waals surface area contributed by atoms with Crippen molar-refractivity contribution in [3.8, 4) is 11.4 Å². The van der Waals surface area contributed by atoms with Crippen molar-refractivity contribution < 1.29 is 22.7 Å². The Labute approximate surface area is 159 Å². The van der Waals surface area contributed by atoms with Gasteiger partial charge in [-0.15, -0.1) is 0 Å². The Morgan fingerprint density at radius 1 is 1.21 bits per heavy atom. The van der Waals surface area contributed by atoms with Gasteiger partial charge in [0, 0.05) is 11.3 Å². The van der Waals surface area contributed by atoms with Crippen LogP contribution in [0.2, 0.25) is 0 Å². The van der Waals surface area contributed by atoms with E-state index in [-0.39, 0.29) is 11.4 Å². The van der Waals surface area contributed by atoms with E-state index >= 15 is 0 Å². The number of amides is 1. The molecule has 0 atom stereocenters. The van der Waals surface area contributed by atoms with Gasteiger partial charge in [-0.2, -0.15) is 18.3 Å². The lowest BCUT2D eigenvalue weighted by Crippen LogP contribution is -2.15. The topological polar surface area (TPSA) is 69.0 Å². The number of hydrogen-bond donors (Lipinski definition) is 1. The predicted molar refractivity (Wildman–Crippen MR) is 96.7 cm³/mol. The highest BCUT2D eigenvalue weighted by Gasteiger charge is 2.34. The molecular weight excluding hydrogens is 373 g/mol. The largest absolute Gasteiger partial charge is 0.494 e. The number of aryl methyl sites for hydroxylation is 1. The summed E-state index contributed by atoms with van der Waals surface area (Å²) in [6.07, 6.45) is -2.31. The number of nitrogens with one attached hydrogen (secondary N) is 1. The fourth-order valence-electron chi connectivity index (χ4n) is 2.68. The highest BCUT2D eigenvalue weighted by Crippen LogP contribution is 2.35. The highest BCUT2D eigenvalue weighted by atomic mass is 19.4. The molecule has 1 aromatic heterocycles. The number of aromatic nitrogens is 3. The van der Waals surface area contributed by atoms with Gasteiger partial charge in [-0.3, -0.25) is 4.79 Å². The second kappa shape index (κ2) is 7.71. The van der Waals surface area contributed by atoms with Crippen LogP contribution < -0.4 is 10.1 Å². The molecule has 0 radical (unpaired) electrons. The van der Waals surface area contributed by atoms with Gasteiger partial charge in [0.1, 0.15) is 18.4 Å². The first-order chi connectivity index (χ1) is 13.3. The van der Waals surface area contributed by atoms with Crippen molar-refractivity contribution in [3.63, 3.8) is 0 Å². The summed E-state index contributed by atoms with van der Waals surface area (Å²) in [5.74, 6) is 0.128. The SMILES string of the molecule is CCOc1ccc(C(=O)Nc2ccc(-n3cncn3)c(C(F)(F)F)c2)cc1C. The van der Waals surface area contributed by atoms with Gasteiger partial charge < -0.3 is 10.1 Å². The molecule has 0 unspecified atom stereocenters. The molecule has 9 heteroatoms. The van der Waals surface area contributed by atoms with Gasteiger partial charge in [-0.05, 0) is 55.8 Å². The molecule has 0 saturated carbocycles. The van der Waals surface area contributed by atoms with E-state index in [1.807, 2.05) is 6.92 Å². The van der Waals surface area contributed by atoms with Crippen LogP contribution in [-0.2, 0) is 6.18 Å². The summed E-state index contributed by atoms with van der Waals surface area (Å²) in [4.78, 5) is 16.1. The fraction of sp³-hybridized carbons (Fsp3) is 0.211. The lowest BCUT2D eigenvalue weighted by Gasteiger charge is -2.15. The number of alkyl halides is 3. The molecule has 0 fully saturated rings. The zero-order chi connectivity index (χ0) is 20.3. The second-order valence-electron chi connectivity index (χ2n) is 5.94. The number of benzene rings is 2. The first-order valence-electron chi connectivity index (χ1n) is 8.40. The first kappa shape index (κ1) is 19.4. The monoisotopic (exact) mass is 390 g/mol. The normalized spacial score (nSPS) is 11.3. The van der Waals surface area contributed by atoms with Crippen LogP contribution in [0.5, 0.6) is 5.75 Å². The molecule has 0 aliphatic rings. The number of hydrogen-bond acceptors (Lipinski definition) is 4. The molecule has 146 valence electrons. The molecule has 0 aliphatic carbocycles. The summed E-state index contributed by atoms with van der Waals surface area (Å²) in [5.41, 5.74) is -0.0202. The summed E-state index contributed by atoms with van der Waals surface area (Å²) < 4.78 is 46.8. The number of ether oxygens (including phenoxy) is 1. The van der Waals surface area contributed by atoms with E-state index in [1.165, 1.54) is 18.5 Å². The van der Waals surface area contributed by atoms with Crippen LogP contribution in [0.15, 0.2) is 49.1 Å². The summed E-state index contributed by atoms with van der Waals surface area (Å²) >= 11 is 0. The van der Waals surface area contributed by atoms with E-state index in [2.05, 4.69) is 15.4 Å². The van der Waals surface area contributed by atoms with Crippen molar-refractivity contribution in [2.24, 2.45) is 0 Å². The number of rotatable bonds is 5. The Morgan fingerprint density at radius 2 is 2.00 bits per heavy atom. The third kappa shape index (κ3) is 4.13. The van der Waals surface area contributed by atoms with Crippen molar-refractivity contribution in [2.75, 3.05) is 11.9 Å². The average Bonchev–Trinajstić information content (AvgIpc) is 3.17. The number of nitrogens with zero attached hydrogens (tertiary/aromatic N) is 3. The summed E-state index contributed by atoms with van der Waals surface area (Å²) in [5, 5.41) is 6.24. The molecule has 0 bridgehead atoms. The van der Waals surface area contributed by atoms with Crippen LogP contribution in [0.25, 0.3) is 5.69 Å². The molecule has 1 N–H and O–H groups in total. The van der Waals surface area contributed by atoms with E-state index in [0.717, 1.165) is 22.6 Å².